The molecule has 122 valence electrons. The van der Waals surface area contributed by atoms with Crippen LogP contribution >= 0.6 is 15.9 Å². The maximum Gasteiger partial charge on any atom is 0.229 e. The van der Waals surface area contributed by atoms with Gasteiger partial charge < -0.3 is 5.32 Å². The average molecular weight is 384 g/mol. The standard InChI is InChI=1S/C19H18BrN3O/c1-14(12-23-13-17(20)11-21-23)19(24)22-18-9-7-16(8-10-18)15-5-3-2-4-6-15/h2-11,13-14H,12H2,1H3,(H,22,24). The van der Waals surface area contributed by atoms with Gasteiger partial charge in [0.2, 0.25) is 5.91 Å². The van der Waals surface area contributed by atoms with Crippen molar-refractivity contribution < 1.29 is 4.79 Å². The van der Waals surface area contributed by atoms with Gasteiger partial charge in [-0.25, -0.2) is 0 Å². The summed E-state index contributed by atoms with van der Waals surface area (Å²) in [6, 6.07) is 18.0. The average Bonchev–Trinajstić information content (AvgIpc) is 3.01. The van der Waals surface area contributed by atoms with E-state index in [4.69, 9.17) is 0 Å². The molecule has 0 spiro atoms. The molecule has 1 heterocycles. The molecule has 1 atom stereocenters. The van der Waals surface area contributed by atoms with Crippen molar-refractivity contribution in [2.75, 3.05) is 5.32 Å². The van der Waals surface area contributed by atoms with Crippen molar-refractivity contribution in [3.8, 4) is 11.1 Å². The molecular formula is C19H18BrN3O. The Labute approximate surface area is 149 Å². The number of anilines is 1. The van der Waals surface area contributed by atoms with Crippen LogP contribution in [0, 0.1) is 5.92 Å². The van der Waals surface area contributed by atoms with Crippen LogP contribution in [-0.2, 0) is 11.3 Å². The predicted octanol–water partition coefficient (Wildman–Crippen LogP) is 4.59. The third-order valence-electron chi connectivity index (χ3n) is 3.77. The summed E-state index contributed by atoms with van der Waals surface area (Å²) in [7, 11) is 0. The van der Waals surface area contributed by atoms with Gasteiger partial charge in [0, 0.05) is 11.9 Å². The largest absolute Gasteiger partial charge is 0.326 e. The summed E-state index contributed by atoms with van der Waals surface area (Å²) in [6.45, 7) is 2.43. The molecule has 4 nitrogen and oxygen atoms in total. The van der Waals surface area contributed by atoms with Gasteiger partial charge in [-0.05, 0) is 39.2 Å². The lowest BCUT2D eigenvalue weighted by molar-refractivity contribution is -0.119. The topological polar surface area (TPSA) is 46.9 Å². The fraction of sp³-hybridized carbons (Fsp3) is 0.158. The number of rotatable bonds is 5. The summed E-state index contributed by atoms with van der Waals surface area (Å²) in [5.74, 6) is -0.195. The van der Waals surface area contributed by atoms with Crippen LogP contribution in [0.4, 0.5) is 5.69 Å². The van der Waals surface area contributed by atoms with Gasteiger partial charge in [0.1, 0.15) is 0 Å². The Bertz CT molecular complexity index is 812. The lowest BCUT2D eigenvalue weighted by atomic mass is 10.1. The summed E-state index contributed by atoms with van der Waals surface area (Å²) in [4.78, 5) is 12.3. The first kappa shape index (κ1) is 16.5. The zero-order valence-electron chi connectivity index (χ0n) is 13.3. The SMILES string of the molecule is CC(Cn1cc(Br)cn1)C(=O)Nc1ccc(-c2ccccc2)cc1. The number of amides is 1. The molecule has 24 heavy (non-hydrogen) atoms. The zero-order valence-corrected chi connectivity index (χ0v) is 14.9. The normalized spacial score (nSPS) is 11.9. The van der Waals surface area contributed by atoms with Gasteiger partial charge in [-0.3, -0.25) is 9.48 Å². The van der Waals surface area contributed by atoms with Gasteiger partial charge in [0.25, 0.3) is 0 Å². The maximum atomic E-state index is 12.3. The van der Waals surface area contributed by atoms with E-state index in [9.17, 15) is 4.79 Å². The number of hydrogen-bond donors (Lipinski definition) is 1. The monoisotopic (exact) mass is 383 g/mol. The highest BCUT2D eigenvalue weighted by Gasteiger charge is 2.14. The highest BCUT2D eigenvalue weighted by atomic mass is 79.9. The number of nitrogens with one attached hydrogen (secondary N) is 1. The molecule has 2 aromatic carbocycles. The summed E-state index contributed by atoms with van der Waals surface area (Å²) < 4.78 is 2.67. The molecule has 0 aliphatic rings. The van der Waals surface area contributed by atoms with Crippen LogP contribution < -0.4 is 5.32 Å². The molecule has 0 saturated heterocycles. The molecule has 1 unspecified atom stereocenters. The number of hydrogen-bond acceptors (Lipinski definition) is 2. The van der Waals surface area contributed by atoms with E-state index >= 15 is 0 Å². The highest BCUT2D eigenvalue weighted by Crippen LogP contribution is 2.21. The second-order valence-electron chi connectivity index (χ2n) is 5.71. The summed E-state index contributed by atoms with van der Waals surface area (Å²) in [6.07, 6.45) is 3.57. The Morgan fingerprint density at radius 1 is 1.12 bits per heavy atom. The van der Waals surface area contributed by atoms with Gasteiger partial charge >= 0.3 is 0 Å². The number of nitrogens with zero attached hydrogens (tertiary/aromatic N) is 2. The molecule has 3 rings (SSSR count). The van der Waals surface area contributed by atoms with Crippen molar-refractivity contribution in [2.45, 2.75) is 13.5 Å². The smallest absolute Gasteiger partial charge is 0.229 e. The van der Waals surface area contributed by atoms with Crippen molar-refractivity contribution in [3.63, 3.8) is 0 Å². The molecule has 1 N–H and O–H groups in total. The molecule has 0 saturated carbocycles. The molecule has 1 amide bonds. The van der Waals surface area contributed by atoms with E-state index in [1.54, 1.807) is 10.9 Å². The lowest BCUT2D eigenvalue weighted by Crippen LogP contribution is -2.24. The second kappa shape index (κ2) is 7.45. The molecule has 0 bridgehead atoms. The first-order chi connectivity index (χ1) is 11.6. The van der Waals surface area contributed by atoms with Crippen LogP contribution in [0.25, 0.3) is 11.1 Å². The molecule has 5 heteroatoms. The minimum Gasteiger partial charge on any atom is -0.326 e. The minimum absolute atomic E-state index is 0.0194. The van der Waals surface area contributed by atoms with Gasteiger partial charge in [0.15, 0.2) is 0 Å². The van der Waals surface area contributed by atoms with Gasteiger partial charge in [-0.1, -0.05) is 49.4 Å². The highest BCUT2D eigenvalue weighted by molar-refractivity contribution is 9.10. The molecule has 0 aliphatic heterocycles. The third-order valence-corrected chi connectivity index (χ3v) is 4.18. The first-order valence-corrected chi connectivity index (χ1v) is 8.55. The Balaban J connectivity index is 1.62. The fourth-order valence-corrected chi connectivity index (χ4v) is 2.77. The molecule has 0 fully saturated rings. The Morgan fingerprint density at radius 3 is 2.42 bits per heavy atom. The van der Waals surface area contributed by atoms with E-state index in [-0.39, 0.29) is 11.8 Å². The zero-order chi connectivity index (χ0) is 16.9. The van der Waals surface area contributed by atoms with Crippen LogP contribution in [0.3, 0.4) is 0 Å². The molecule has 0 aliphatic carbocycles. The lowest BCUT2D eigenvalue weighted by Gasteiger charge is -2.12. The summed E-state index contributed by atoms with van der Waals surface area (Å²) in [5.41, 5.74) is 3.09. The quantitative estimate of drug-likeness (QED) is 0.700. The summed E-state index contributed by atoms with van der Waals surface area (Å²) >= 11 is 3.35. The molecular weight excluding hydrogens is 366 g/mol. The fourth-order valence-electron chi connectivity index (χ4n) is 2.44. The Hall–Kier alpha value is -2.40. The van der Waals surface area contributed by atoms with Crippen molar-refractivity contribution in [2.24, 2.45) is 5.92 Å². The second-order valence-corrected chi connectivity index (χ2v) is 6.63. The van der Waals surface area contributed by atoms with Gasteiger partial charge in [-0.15, -0.1) is 0 Å². The number of halogens is 1. The van der Waals surface area contributed by atoms with E-state index in [0.29, 0.717) is 6.54 Å². The third kappa shape index (κ3) is 4.11. The maximum absolute atomic E-state index is 12.3. The van der Waals surface area contributed by atoms with E-state index in [1.807, 2.05) is 55.6 Å². The van der Waals surface area contributed by atoms with Crippen LogP contribution in [0.15, 0.2) is 71.5 Å². The van der Waals surface area contributed by atoms with E-state index in [1.165, 1.54) is 0 Å². The van der Waals surface area contributed by atoms with E-state index < -0.39 is 0 Å². The minimum atomic E-state index is -0.175. The summed E-state index contributed by atoms with van der Waals surface area (Å²) in [5, 5.41) is 7.14. The number of carbonyl (C=O) groups is 1. The number of carbonyl (C=O) groups excluding carboxylic acids is 1. The predicted molar refractivity (Wildman–Crippen MR) is 99.6 cm³/mol. The molecule has 1 aromatic heterocycles. The van der Waals surface area contributed by atoms with Crippen LogP contribution in [0.2, 0.25) is 0 Å². The van der Waals surface area contributed by atoms with Gasteiger partial charge in [-0.2, -0.15) is 5.10 Å². The van der Waals surface area contributed by atoms with E-state index in [0.717, 1.165) is 21.3 Å². The molecule has 3 aromatic rings. The van der Waals surface area contributed by atoms with Crippen LogP contribution in [0.5, 0.6) is 0 Å². The Morgan fingerprint density at radius 2 is 1.79 bits per heavy atom. The first-order valence-electron chi connectivity index (χ1n) is 7.76. The Kier molecular flexibility index (Phi) is 5.11. The van der Waals surface area contributed by atoms with Crippen molar-refractivity contribution in [1.82, 2.24) is 9.78 Å². The van der Waals surface area contributed by atoms with Crippen molar-refractivity contribution in [1.29, 1.82) is 0 Å². The number of aromatic nitrogens is 2. The van der Waals surface area contributed by atoms with Crippen molar-refractivity contribution >= 4 is 27.5 Å². The molecule has 0 radical (unpaired) electrons. The van der Waals surface area contributed by atoms with E-state index in [2.05, 4.69) is 38.5 Å². The van der Waals surface area contributed by atoms with Crippen molar-refractivity contribution in [3.05, 3.63) is 71.5 Å². The van der Waals surface area contributed by atoms with Gasteiger partial charge in [0.05, 0.1) is 23.1 Å². The number of benzene rings is 2. The van der Waals surface area contributed by atoms with Crippen LogP contribution in [-0.4, -0.2) is 15.7 Å². The van der Waals surface area contributed by atoms with Crippen LogP contribution in [0.1, 0.15) is 6.92 Å².